The number of hydrogen-bond acceptors (Lipinski definition) is 6. The van der Waals surface area contributed by atoms with E-state index in [1.54, 1.807) is 19.2 Å². The second kappa shape index (κ2) is 7.60. The molecule has 2 rings (SSSR count). The molecular formula is C17H21N3O4S. The summed E-state index contributed by atoms with van der Waals surface area (Å²) < 4.78 is 6.49. The second-order valence-electron chi connectivity index (χ2n) is 6.60. The Morgan fingerprint density at radius 1 is 1.28 bits per heavy atom. The van der Waals surface area contributed by atoms with Gasteiger partial charge in [-0.05, 0) is 12.1 Å². The van der Waals surface area contributed by atoms with Crippen molar-refractivity contribution in [2.45, 2.75) is 27.3 Å². The molecule has 2 heterocycles. The predicted molar refractivity (Wildman–Crippen MR) is 93.4 cm³/mol. The van der Waals surface area contributed by atoms with Crippen LogP contribution in [0.4, 0.5) is 0 Å². The van der Waals surface area contributed by atoms with Crippen LogP contribution in [0.5, 0.6) is 0 Å². The van der Waals surface area contributed by atoms with Gasteiger partial charge >= 0.3 is 5.97 Å². The minimum Gasteiger partial charge on any atom is -0.454 e. The first-order valence-corrected chi connectivity index (χ1v) is 8.54. The van der Waals surface area contributed by atoms with E-state index < -0.39 is 11.4 Å². The molecule has 0 unspecified atom stereocenters. The fourth-order valence-corrected chi connectivity index (χ4v) is 2.74. The van der Waals surface area contributed by atoms with Gasteiger partial charge in [-0.2, -0.15) is 5.10 Å². The fraction of sp³-hybridized carbons (Fsp3) is 0.412. The Hall–Kier alpha value is -2.48. The number of nitrogens with zero attached hydrogens (tertiary/aromatic N) is 2. The third-order valence-electron chi connectivity index (χ3n) is 3.32. The van der Waals surface area contributed by atoms with Crippen molar-refractivity contribution in [1.29, 1.82) is 0 Å². The number of carbonyl (C=O) groups is 3. The zero-order valence-corrected chi connectivity index (χ0v) is 15.5. The van der Waals surface area contributed by atoms with Crippen LogP contribution in [0.2, 0.25) is 0 Å². The van der Waals surface area contributed by atoms with Crippen molar-refractivity contribution in [3.8, 4) is 0 Å². The van der Waals surface area contributed by atoms with Crippen molar-refractivity contribution < 1.29 is 19.1 Å². The SMILES string of the molecule is Cn1cc(C(=O)OCC(=O)c2ccc(CNC(=O)C(C)(C)C)s2)cn1. The lowest BCUT2D eigenvalue weighted by Gasteiger charge is -2.17. The van der Waals surface area contributed by atoms with Crippen molar-refractivity contribution in [2.75, 3.05) is 6.61 Å². The lowest BCUT2D eigenvalue weighted by molar-refractivity contribution is -0.128. The highest BCUT2D eigenvalue weighted by Crippen LogP contribution is 2.18. The van der Waals surface area contributed by atoms with Crippen LogP contribution in [0.1, 0.15) is 45.7 Å². The highest BCUT2D eigenvalue weighted by atomic mass is 32.1. The Labute approximate surface area is 150 Å². The molecule has 0 radical (unpaired) electrons. The van der Waals surface area contributed by atoms with E-state index >= 15 is 0 Å². The monoisotopic (exact) mass is 363 g/mol. The zero-order chi connectivity index (χ0) is 18.6. The van der Waals surface area contributed by atoms with Gasteiger partial charge in [-0.3, -0.25) is 14.3 Å². The molecule has 1 N–H and O–H groups in total. The van der Waals surface area contributed by atoms with E-state index in [4.69, 9.17) is 4.74 Å². The van der Waals surface area contributed by atoms with Gasteiger partial charge in [0.05, 0.1) is 23.2 Å². The summed E-state index contributed by atoms with van der Waals surface area (Å²) in [6.07, 6.45) is 2.90. The van der Waals surface area contributed by atoms with Crippen LogP contribution in [-0.2, 0) is 23.1 Å². The molecule has 0 aliphatic carbocycles. The standard InChI is InChI=1S/C17H21N3O4S/c1-17(2,3)16(23)18-8-12-5-6-14(25-12)13(21)10-24-15(22)11-7-19-20(4)9-11/h5-7,9H,8,10H2,1-4H3,(H,18,23). The number of rotatable bonds is 6. The number of hydrogen-bond donors (Lipinski definition) is 1. The zero-order valence-electron chi connectivity index (χ0n) is 14.7. The maximum Gasteiger partial charge on any atom is 0.341 e. The van der Waals surface area contributed by atoms with Gasteiger partial charge in [0, 0.05) is 23.5 Å². The Morgan fingerprint density at radius 3 is 2.60 bits per heavy atom. The molecule has 0 saturated heterocycles. The van der Waals surface area contributed by atoms with Crippen LogP contribution >= 0.6 is 11.3 Å². The molecule has 2 aromatic heterocycles. The summed E-state index contributed by atoms with van der Waals surface area (Å²) in [7, 11) is 1.69. The summed E-state index contributed by atoms with van der Waals surface area (Å²) in [5.41, 5.74) is -0.164. The normalized spacial score (nSPS) is 11.2. The van der Waals surface area contributed by atoms with Gasteiger partial charge in [-0.15, -0.1) is 11.3 Å². The molecule has 0 bridgehead atoms. The molecule has 0 aliphatic rings. The van der Waals surface area contributed by atoms with Gasteiger partial charge in [0.15, 0.2) is 6.61 Å². The summed E-state index contributed by atoms with van der Waals surface area (Å²) in [6, 6.07) is 3.45. The first kappa shape index (κ1) is 18.9. The average Bonchev–Trinajstić information content (AvgIpc) is 3.18. The maximum atomic E-state index is 12.1. The van der Waals surface area contributed by atoms with E-state index in [1.807, 2.05) is 20.8 Å². The molecule has 0 fully saturated rings. The summed E-state index contributed by atoms with van der Waals surface area (Å²) >= 11 is 1.27. The molecular weight excluding hydrogens is 342 g/mol. The van der Waals surface area contributed by atoms with E-state index in [-0.39, 0.29) is 18.3 Å². The van der Waals surface area contributed by atoms with Crippen LogP contribution < -0.4 is 5.32 Å². The molecule has 1 amide bonds. The van der Waals surface area contributed by atoms with E-state index in [2.05, 4.69) is 10.4 Å². The maximum absolute atomic E-state index is 12.1. The van der Waals surface area contributed by atoms with Gasteiger partial charge in [0.2, 0.25) is 11.7 Å². The number of thiophene rings is 1. The Morgan fingerprint density at radius 2 is 2.00 bits per heavy atom. The minimum atomic E-state index is -0.587. The number of Topliss-reactive ketones (excluding diaryl/α,β-unsaturated/α-hetero) is 1. The van der Waals surface area contributed by atoms with Gasteiger partial charge < -0.3 is 10.1 Å². The predicted octanol–water partition coefficient (Wildman–Crippen LogP) is 2.18. The molecule has 25 heavy (non-hydrogen) atoms. The number of aryl methyl sites for hydroxylation is 1. The molecule has 0 aliphatic heterocycles. The van der Waals surface area contributed by atoms with Crippen molar-refractivity contribution in [1.82, 2.24) is 15.1 Å². The van der Waals surface area contributed by atoms with Gasteiger partial charge in [-0.1, -0.05) is 20.8 Å². The van der Waals surface area contributed by atoms with Crippen molar-refractivity contribution in [3.05, 3.63) is 39.8 Å². The molecule has 8 heteroatoms. The third-order valence-corrected chi connectivity index (χ3v) is 4.44. The van der Waals surface area contributed by atoms with Gasteiger partial charge in [-0.25, -0.2) is 4.79 Å². The number of amides is 1. The lowest BCUT2D eigenvalue weighted by atomic mass is 9.96. The van der Waals surface area contributed by atoms with Crippen LogP contribution in [0.15, 0.2) is 24.5 Å². The molecule has 0 aromatic carbocycles. The summed E-state index contributed by atoms with van der Waals surface area (Å²) in [5, 5.41) is 6.71. The summed E-state index contributed by atoms with van der Waals surface area (Å²) in [5.74, 6) is -0.925. The number of ketones is 1. The molecule has 0 saturated carbocycles. The highest BCUT2D eigenvalue weighted by Gasteiger charge is 2.21. The van der Waals surface area contributed by atoms with Crippen LogP contribution in [0.3, 0.4) is 0 Å². The fourth-order valence-electron chi connectivity index (χ4n) is 1.87. The highest BCUT2D eigenvalue weighted by molar-refractivity contribution is 7.14. The van der Waals surface area contributed by atoms with E-state index in [9.17, 15) is 14.4 Å². The molecule has 2 aromatic rings. The number of ether oxygens (including phenoxy) is 1. The Balaban J connectivity index is 1.85. The first-order chi connectivity index (χ1) is 11.7. The molecule has 7 nitrogen and oxygen atoms in total. The summed E-state index contributed by atoms with van der Waals surface area (Å²) in [4.78, 5) is 37.1. The lowest BCUT2D eigenvalue weighted by Crippen LogP contribution is -2.34. The second-order valence-corrected chi connectivity index (χ2v) is 7.77. The first-order valence-electron chi connectivity index (χ1n) is 7.73. The van der Waals surface area contributed by atoms with Crippen LogP contribution in [0, 0.1) is 5.41 Å². The van der Waals surface area contributed by atoms with Crippen molar-refractivity contribution >= 4 is 29.0 Å². The topological polar surface area (TPSA) is 90.3 Å². The molecule has 0 spiro atoms. The number of aromatic nitrogens is 2. The van der Waals surface area contributed by atoms with E-state index in [1.165, 1.54) is 28.4 Å². The minimum absolute atomic E-state index is 0.0563. The molecule has 134 valence electrons. The van der Waals surface area contributed by atoms with Crippen LogP contribution in [-0.4, -0.2) is 34.0 Å². The summed E-state index contributed by atoms with van der Waals surface area (Å²) in [6.45, 7) is 5.54. The van der Waals surface area contributed by atoms with E-state index in [0.29, 0.717) is 17.0 Å². The van der Waals surface area contributed by atoms with Crippen molar-refractivity contribution in [3.63, 3.8) is 0 Å². The Kier molecular flexibility index (Phi) is 5.73. The van der Waals surface area contributed by atoms with Crippen molar-refractivity contribution in [2.24, 2.45) is 12.5 Å². The average molecular weight is 363 g/mol. The molecule has 0 atom stereocenters. The third kappa shape index (κ3) is 5.25. The van der Waals surface area contributed by atoms with E-state index in [0.717, 1.165) is 4.88 Å². The number of nitrogens with one attached hydrogen (secondary N) is 1. The van der Waals surface area contributed by atoms with Gasteiger partial charge in [0.25, 0.3) is 0 Å². The smallest absolute Gasteiger partial charge is 0.341 e. The quantitative estimate of drug-likeness (QED) is 0.627. The van der Waals surface area contributed by atoms with Crippen LogP contribution in [0.25, 0.3) is 0 Å². The Bertz CT molecular complexity index is 786. The van der Waals surface area contributed by atoms with Gasteiger partial charge in [0.1, 0.15) is 0 Å². The number of carbonyl (C=O) groups excluding carboxylic acids is 3. The number of esters is 1. The largest absolute Gasteiger partial charge is 0.454 e.